The summed E-state index contributed by atoms with van der Waals surface area (Å²) in [7, 11) is 0. The lowest BCUT2D eigenvalue weighted by Crippen LogP contribution is -2.40. The zero-order valence-electron chi connectivity index (χ0n) is 20.6. The summed E-state index contributed by atoms with van der Waals surface area (Å²) in [6.45, 7) is 4.22. The average Bonchev–Trinajstić information content (AvgIpc) is 2.85. The molecule has 2 aromatic carbocycles. The van der Waals surface area contributed by atoms with Crippen molar-refractivity contribution in [1.82, 2.24) is 0 Å². The van der Waals surface area contributed by atoms with Gasteiger partial charge in [0, 0.05) is 63.8 Å². The smallest absolute Gasteiger partial charge is 0.215 e. The number of benzene rings is 2. The fourth-order valence-electron chi connectivity index (χ4n) is 4.58. The van der Waals surface area contributed by atoms with Crippen LogP contribution in [0.1, 0.15) is 45.2 Å². The highest BCUT2D eigenvalue weighted by Gasteiger charge is 2.23. The molecule has 0 saturated heterocycles. The van der Waals surface area contributed by atoms with Gasteiger partial charge in [0.15, 0.2) is 11.4 Å². The lowest BCUT2D eigenvalue weighted by molar-refractivity contribution is -0.675. The second kappa shape index (κ2) is 12.1. The fourth-order valence-corrected chi connectivity index (χ4v) is 6.68. The number of alkyl halides is 2. The molecule has 182 valence electrons. The lowest BCUT2D eigenvalue weighted by atomic mass is 10.1. The second-order valence-electron chi connectivity index (χ2n) is 8.81. The summed E-state index contributed by atoms with van der Waals surface area (Å²) in [5.74, 6) is 12.6. The van der Waals surface area contributed by atoms with Gasteiger partial charge >= 0.3 is 0 Å². The van der Waals surface area contributed by atoms with Crippen LogP contribution in [-0.4, -0.2) is 0 Å². The maximum atomic E-state index is 6.23. The van der Waals surface area contributed by atoms with Gasteiger partial charge in [-0.3, -0.25) is 0 Å². The number of hydrogen-bond acceptors (Lipinski definition) is 2. The van der Waals surface area contributed by atoms with Gasteiger partial charge in [-0.05, 0) is 69.2 Å². The average molecular weight is 700 g/mol. The van der Waals surface area contributed by atoms with Crippen molar-refractivity contribution in [3.8, 4) is 23.7 Å². The molecule has 0 aliphatic heterocycles. The van der Waals surface area contributed by atoms with Crippen LogP contribution in [0, 0.1) is 37.5 Å². The molecule has 0 spiro atoms. The molecule has 2 unspecified atom stereocenters. The Bertz CT molecular complexity index is 1420. The summed E-state index contributed by atoms with van der Waals surface area (Å²) in [4.78, 5) is 0. The Balaban J connectivity index is 1.34. The third kappa shape index (κ3) is 5.87. The van der Waals surface area contributed by atoms with Crippen molar-refractivity contribution < 1.29 is 9.13 Å². The SMILES string of the molecule is Cc1cc(N)c2ccccc2[n+]1C(I)CCC#CC#CCCC(I)[n+]1c(C)cc(N)c2ccccc21. The van der Waals surface area contributed by atoms with E-state index >= 15 is 0 Å². The highest BCUT2D eigenvalue weighted by molar-refractivity contribution is 14.1. The summed E-state index contributed by atoms with van der Waals surface area (Å²) in [5, 5.41) is 2.19. The van der Waals surface area contributed by atoms with Crippen LogP contribution in [0.4, 0.5) is 11.4 Å². The number of pyridine rings is 2. The van der Waals surface area contributed by atoms with Crippen LogP contribution in [-0.2, 0) is 0 Å². The topological polar surface area (TPSA) is 59.8 Å². The van der Waals surface area contributed by atoms with Crippen molar-refractivity contribution in [3.63, 3.8) is 0 Å². The van der Waals surface area contributed by atoms with Crippen molar-refractivity contribution in [3.05, 3.63) is 72.1 Å². The Morgan fingerprint density at radius 2 is 1.08 bits per heavy atom. The summed E-state index contributed by atoms with van der Waals surface area (Å²) < 4.78 is 5.29. The molecule has 0 aliphatic carbocycles. The highest BCUT2D eigenvalue weighted by Crippen LogP contribution is 2.25. The molecule has 0 amide bonds. The van der Waals surface area contributed by atoms with E-state index in [0.29, 0.717) is 8.10 Å². The third-order valence-electron chi connectivity index (χ3n) is 6.25. The van der Waals surface area contributed by atoms with Gasteiger partial charge in [-0.2, -0.15) is 9.13 Å². The maximum Gasteiger partial charge on any atom is 0.215 e. The molecule has 36 heavy (non-hydrogen) atoms. The number of nitrogens with zero attached hydrogens (tertiary/aromatic N) is 2. The normalized spacial score (nSPS) is 12.4. The number of nitrogen functional groups attached to an aromatic ring is 2. The maximum absolute atomic E-state index is 6.23. The first-order valence-corrected chi connectivity index (χ1v) is 14.5. The molecule has 0 aliphatic rings. The van der Waals surface area contributed by atoms with E-state index in [4.69, 9.17) is 11.5 Å². The standard InChI is InChI=1S/C30H28I2N4/c1-21-19-25(33)23-13-9-11-15-27(23)35(21)29(31)17-7-5-3-4-6-8-18-30(32)36-22(2)20-26(34)24-14-10-12-16-28(24)36/h9-16,19-20,29-30,33-34H,7-8,17-18H2,1-2H3/p+2. The minimum atomic E-state index is 0.296. The molecular formula is C30H30I2N4+2. The van der Waals surface area contributed by atoms with Crippen LogP contribution in [0.5, 0.6) is 0 Å². The molecule has 2 aromatic heterocycles. The zero-order valence-corrected chi connectivity index (χ0v) is 24.9. The Hall–Kier alpha value is -2.56. The molecule has 0 radical (unpaired) electrons. The number of halogens is 2. The van der Waals surface area contributed by atoms with Crippen LogP contribution in [0.15, 0.2) is 60.7 Å². The number of rotatable bonds is 6. The predicted molar refractivity (Wildman–Crippen MR) is 167 cm³/mol. The Labute approximate surface area is 240 Å². The molecule has 4 N–H and O–H groups in total. The minimum absolute atomic E-state index is 0.296. The number of hydrogen-bond donors (Lipinski definition) is 2. The molecule has 2 atom stereocenters. The van der Waals surface area contributed by atoms with Crippen molar-refractivity contribution in [2.75, 3.05) is 11.5 Å². The van der Waals surface area contributed by atoms with Crippen LogP contribution < -0.4 is 20.6 Å². The molecule has 0 fully saturated rings. The van der Waals surface area contributed by atoms with Crippen molar-refractivity contribution in [2.24, 2.45) is 0 Å². The van der Waals surface area contributed by atoms with E-state index in [-0.39, 0.29) is 0 Å². The number of para-hydroxylation sites is 2. The second-order valence-corrected chi connectivity index (χ2v) is 11.7. The fraction of sp³-hybridized carbons (Fsp3) is 0.267. The van der Waals surface area contributed by atoms with Gasteiger partial charge in [0.05, 0.1) is 22.1 Å². The molecule has 4 nitrogen and oxygen atoms in total. The molecule has 6 heteroatoms. The third-order valence-corrected chi connectivity index (χ3v) is 8.61. The van der Waals surface area contributed by atoms with E-state index in [1.807, 2.05) is 12.1 Å². The number of fused-ring (bicyclic) bond motifs is 2. The van der Waals surface area contributed by atoms with Crippen LogP contribution >= 0.6 is 45.2 Å². The summed E-state index contributed by atoms with van der Waals surface area (Å²) >= 11 is 5.00. The van der Waals surface area contributed by atoms with Gasteiger partial charge in [-0.25, -0.2) is 0 Å². The Kier molecular flexibility index (Phi) is 8.92. The van der Waals surface area contributed by atoms with Gasteiger partial charge in [-0.1, -0.05) is 36.1 Å². The van der Waals surface area contributed by atoms with E-state index in [9.17, 15) is 0 Å². The molecule has 0 saturated carbocycles. The summed E-state index contributed by atoms with van der Waals surface area (Å²) in [6, 6.07) is 20.7. The molecule has 2 heterocycles. The van der Waals surface area contributed by atoms with Crippen LogP contribution in [0.3, 0.4) is 0 Å². The van der Waals surface area contributed by atoms with Crippen molar-refractivity contribution >= 4 is 78.4 Å². The number of aromatic nitrogens is 2. The predicted octanol–water partition coefficient (Wildman–Crippen LogP) is 6.48. The first-order chi connectivity index (χ1) is 17.4. The van der Waals surface area contributed by atoms with E-state index in [1.165, 1.54) is 0 Å². The van der Waals surface area contributed by atoms with Gasteiger partial charge in [0.1, 0.15) is 0 Å². The zero-order chi connectivity index (χ0) is 25.7. The first-order valence-electron chi connectivity index (χ1n) is 12.0. The number of nitrogens with two attached hydrogens (primary N) is 2. The largest absolute Gasteiger partial charge is 0.398 e. The first kappa shape index (κ1) is 26.5. The lowest BCUT2D eigenvalue weighted by Gasteiger charge is -2.11. The summed E-state index contributed by atoms with van der Waals surface area (Å²) in [5.41, 5.74) is 18.8. The van der Waals surface area contributed by atoms with Crippen molar-refractivity contribution in [1.29, 1.82) is 0 Å². The quantitative estimate of drug-likeness (QED) is 0.105. The van der Waals surface area contributed by atoms with Gasteiger partial charge in [0.2, 0.25) is 19.1 Å². The molecular weight excluding hydrogens is 670 g/mol. The van der Waals surface area contributed by atoms with Crippen molar-refractivity contribution in [2.45, 2.75) is 47.6 Å². The Morgan fingerprint density at radius 1 is 0.694 bits per heavy atom. The van der Waals surface area contributed by atoms with E-state index in [2.05, 4.69) is 140 Å². The van der Waals surface area contributed by atoms with Gasteiger partial charge in [-0.15, -0.1) is 0 Å². The number of aryl methyl sites for hydroxylation is 2. The highest BCUT2D eigenvalue weighted by atomic mass is 127. The number of anilines is 2. The molecule has 0 bridgehead atoms. The van der Waals surface area contributed by atoms with Gasteiger partial charge in [0.25, 0.3) is 0 Å². The molecule has 4 rings (SSSR count). The minimum Gasteiger partial charge on any atom is -0.398 e. The monoisotopic (exact) mass is 700 g/mol. The van der Waals surface area contributed by atoms with E-state index in [1.54, 1.807) is 0 Å². The van der Waals surface area contributed by atoms with E-state index in [0.717, 1.165) is 70.3 Å². The van der Waals surface area contributed by atoms with Gasteiger partial charge < -0.3 is 11.5 Å². The van der Waals surface area contributed by atoms with Crippen LogP contribution in [0.2, 0.25) is 0 Å². The Morgan fingerprint density at radius 3 is 1.50 bits per heavy atom. The van der Waals surface area contributed by atoms with Crippen LogP contribution in [0.25, 0.3) is 21.8 Å². The molecule has 4 aromatic rings. The van der Waals surface area contributed by atoms with E-state index < -0.39 is 0 Å². The summed E-state index contributed by atoms with van der Waals surface area (Å²) in [6.07, 6.45) is 3.50.